The summed E-state index contributed by atoms with van der Waals surface area (Å²) in [6, 6.07) is 4.97. The standard InChI is InChI=1S/C16H19NO5/c1-16(7-3-2-4-11(16)15(19)20)17-14(18)10-5-6-12-13(8-10)22-9-21-12/h5-6,8,11H,2-4,7,9H2,1H3,(H,17,18)(H,19,20). The molecule has 1 aliphatic carbocycles. The van der Waals surface area contributed by atoms with E-state index in [2.05, 4.69) is 5.32 Å². The molecule has 3 rings (SSSR count). The number of ether oxygens (including phenoxy) is 2. The Bertz CT molecular complexity index is 615. The predicted molar refractivity (Wildman–Crippen MR) is 78.0 cm³/mol. The Morgan fingerprint density at radius 3 is 2.82 bits per heavy atom. The van der Waals surface area contributed by atoms with Crippen LogP contribution in [0.1, 0.15) is 43.0 Å². The lowest BCUT2D eigenvalue weighted by Gasteiger charge is -2.39. The van der Waals surface area contributed by atoms with Gasteiger partial charge < -0.3 is 19.9 Å². The minimum atomic E-state index is -0.854. The number of carboxylic acid groups (broad SMARTS) is 1. The Morgan fingerprint density at radius 1 is 1.27 bits per heavy atom. The lowest BCUT2D eigenvalue weighted by atomic mass is 9.73. The number of amides is 1. The number of hydrogen-bond donors (Lipinski definition) is 2. The third kappa shape index (κ3) is 2.61. The van der Waals surface area contributed by atoms with Crippen molar-refractivity contribution >= 4 is 11.9 Å². The summed E-state index contributed by atoms with van der Waals surface area (Å²) in [5.74, 6) is -0.540. The SMILES string of the molecule is CC1(NC(=O)c2ccc3c(c2)OCO3)CCCCC1C(=O)O. The van der Waals surface area contributed by atoms with Crippen LogP contribution >= 0.6 is 0 Å². The van der Waals surface area contributed by atoms with Gasteiger partial charge in [0.05, 0.1) is 11.5 Å². The van der Waals surface area contributed by atoms with Gasteiger partial charge in [-0.05, 0) is 38.0 Å². The molecule has 118 valence electrons. The van der Waals surface area contributed by atoms with Gasteiger partial charge in [-0.3, -0.25) is 9.59 Å². The highest BCUT2D eigenvalue weighted by Gasteiger charge is 2.42. The van der Waals surface area contributed by atoms with Gasteiger partial charge >= 0.3 is 5.97 Å². The van der Waals surface area contributed by atoms with Gasteiger partial charge in [-0.2, -0.15) is 0 Å². The molecule has 1 amide bonds. The molecule has 1 saturated carbocycles. The molecule has 0 aromatic heterocycles. The molecule has 2 N–H and O–H groups in total. The minimum Gasteiger partial charge on any atom is -0.481 e. The summed E-state index contributed by atoms with van der Waals surface area (Å²) in [5, 5.41) is 12.3. The predicted octanol–water partition coefficient (Wildman–Crippen LogP) is 2.18. The molecule has 1 fully saturated rings. The van der Waals surface area contributed by atoms with Gasteiger partial charge in [0, 0.05) is 5.56 Å². The molecule has 2 atom stereocenters. The van der Waals surface area contributed by atoms with Crippen LogP contribution in [0.4, 0.5) is 0 Å². The molecule has 1 aromatic rings. The van der Waals surface area contributed by atoms with E-state index in [4.69, 9.17) is 9.47 Å². The summed E-state index contributed by atoms with van der Waals surface area (Å²) in [5.41, 5.74) is -0.280. The lowest BCUT2D eigenvalue weighted by molar-refractivity contribution is -0.145. The van der Waals surface area contributed by atoms with Crippen molar-refractivity contribution in [3.8, 4) is 11.5 Å². The van der Waals surface area contributed by atoms with Crippen molar-refractivity contribution < 1.29 is 24.2 Å². The van der Waals surface area contributed by atoms with Gasteiger partial charge in [0.2, 0.25) is 6.79 Å². The number of fused-ring (bicyclic) bond motifs is 1. The summed E-state index contributed by atoms with van der Waals surface area (Å²) >= 11 is 0. The normalized spacial score (nSPS) is 26.5. The first kappa shape index (κ1) is 14.7. The Kier molecular flexibility index (Phi) is 3.68. The highest BCUT2D eigenvalue weighted by atomic mass is 16.7. The van der Waals surface area contributed by atoms with E-state index in [1.807, 2.05) is 6.92 Å². The first-order chi connectivity index (χ1) is 10.5. The number of carboxylic acids is 1. The average Bonchev–Trinajstić information content (AvgIpc) is 2.94. The zero-order chi connectivity index (χ0) is 15.7. The van der Waals surface area contributed by atoms with Gasteiger partial charge in [0.15, 0.2) is 11.5 Å². The van der Waals surface area contributed by atoms with Gasteiger partial charge in [-0.1, -0.05) is 12.8 Å². The summed E-state index contributed by atoms with van der Waals surface area (Å²) in [7, 11) is 0. The molecule has 0 radical (unpaired) electrons. The summed E-state index contributed by atoms with van der Waals surface area (Å²) in [4.78, 5) is 23.9. The van der Waals surface area contributed by atoms with E-state index in [1.54, 1.807) is 18.2 Å². The Balaban J connectivity index is 1.79. The third-order valence-corrected chi connectivity index (χ3v) is 4.54. The molecule has 1 aliphatic heterocycles. The number of rotatable bonds is 3. The molecule has 1 aromatic carbocycles. The van der Waals surface area contributed by atoms with Gasteiger partial charge in [-0.15, -0.1) is 0 Å². The summed E-state index contributed by atoms with van der Waals surface area (Å²) < 4.78 is 10.5. The molecule has 6 heteroatoms. The molecule has 2 unspecified atom stereocenters. The topological polar surface area (TPSA) is 84.9 Å². The second-order valence-corrected chi connectivity index (χ2v) is 6.08. The quantitative estimate of drug-likeness (QED) is 0.894. The van der Waals surface area contributed by atoms with Crippen molar-refractivity contribution in [3.05, 3.63) is 23.8 Å². The van der Waals surface area contributed by atoms with E-state index < -0.39 is 17.4 Å². The molecule has 0 bridgehead atoms. The van der Waals surface area contributed by atoms with E-state index in [0.29, 0.717) is 29.9 Å². The Hall–Kier alpha value is -2.24. The van der Waals surface area contributed by atoms with Gasteiger partial charge in [-0.25, -0.2) is 0 Å². The first-order valence-electron chi connectivity index (χ1n) is 7.44. The van der Waals surface area contributed by atoms with Crippen LogP contribution in [0, 0.1) is 5.92 Å². The number of hydrogen-bond acceptors (Lipinski definition) is 4. The van der Waals surface area contributed by atoms with Crippen LogP contribution in [-0.4, -0.2) is 29.3 Å². The van der Waals surface area contributed by atoms with E-state index >= 15 is 0 Å². The fourth-order valence-electron chi connectivity index (χ4n) is 3.25. The van der Waals surface area contributed by atoms with Crippen molar-refractivity contribution in [2.45, 2.75) is 38.1 Å². The van der Waals surface area contributed by atoms with E-state index in [-0.39, 0.29) is 12.7 Å². The molecule has 2 aliphatic rings. The molecule has 1 heterocycles. The van der Waals surface area contributed by atoms with Crippen LogP contribution < -0.4 is 14.8 Å². The van der Waals surface area contributed by atoms with Gasteiger partial charge in [0.1, 0.15) is 0 Å². The van der Waals surface area contributed by atoms with Crippen LogP contribution in [0.25, 0.3) is 0 Å². The van der Waals surface area contributed by atoms with Crippen molar-refractivity contribution in [1.29, 1.82) is 0 Å². The fourth-order valence-corrected chi connectivity index (χ4v) is 3.25. The smallest absolute Gasteiger partial charge is 0.308 e. The van der Waals surface area contributed by atoms with Crippen LogP contribution in [0.15, 0.2) is 18.2 Å². The van der Waals surface area contributed by atoms with Crippen molar-refractivity contribution in [1.82, 2.24) is 5.32 Å². The highest BCUT2D eigenvalue weighted by Crippen LogP contribution is 2.35. The molecular formula is C16H19NO5. The Morgan fingerprint density at radius 2 is 2.05 bits per heavy atom. The van der Waals surface area contributed by atoms with Crippen molar-refractivity contribution in [2.75, 3.05) is 6.79 Å². The number of benzene rings is 1. The minimum absolute atomic E-state index is 0.152. The van der Waals surface area contributed by atoms with E-state index in [0.717, 1.165) is 12.8 Å². The zero-order valence-corrected chi connectivity index (χ0v) is 12.4. The maximum Gasteiger partial charge on any atom is 0.308 e. The largest absolute Gasteiger partial charge is 0.481 e. The number of nitrogens with one attached hydrogen (secondary N) is 1. The number of aliphatic carboxylic acids is 1. The fraction of sp³-hybridized carbons (Fsp3) is 0.500. The van der Waals surface area contributed by atoms with Crippen LogP contribution in [0.5, 0.6) is 11.5 Å². The molecule has 0 spiro atoms. The number of carbonyl (C=O) groups excluding carboxylic acids is 1. The lowest BCUT2D eigenvalue weighted by Crippen LogP contribution is -2.55. The maximum atomic E-state index is 12.5. The van der Waals surface area contributed by atoms with Crippen LogP contribution in [0.2, 0.25) is 0 Å². The van der Waals surface area contributed by atoms with E-state index in [9.17, 15) is 14.7 Å². The summed E-state index contributed by atoms with van der Waals surface area (Å²) in [6.07, 6.45) is 3.06. The van der Waals surface area contributed by atoms with Crippen molar-refractivity contribution in [3.63, 3.8) is 0 Å². The molecular weight excluding hydrogens is 286 g/mol. The van der Waals surface area contributed by atoms with Crippen LogP contribution in [-0.2, 0) is 4.79 Å². The monoisotopic (exact) mass is 305 g/mol. The van der Waals surface area contributed by atoms with Crippen LogP contribution in [0.3, 0.4) is 0 Å². The maximum absolute atomic E-state index is 12.5. The molecule has 0 saturated heterocycles. The second kappa shape index (κ2) is 5.51. The van der Waals surface area contributed by atoms with E-state index in [1.165, 1.54) is 0 Å². The first-order valence-corrected chi connectivity index (χ1v) is 7.44. The Labute approximate surface area is 128 Å². The molecule has 6 nitrogen and oxygen atoms in total. The number of carbonyl (C=O) groups is 2. The van der Waals surface area contributed by atoms with Gasteiger partial charge in [0.25, 0.3) is 5.91 Å². The third-order valence-electron chi connectivity index (χ3n) is 4.54. The highest BCUT2D eigenvalue weighted by molar-refractivity contribution is 5.95. The second-order valence-electron chi connectivity index (χ2n) is 6.08. The summed E-state index contributed by atoms with van der Waals surface area (Å²) in [6.45, 7) is 1.97. The van der Waals surface area contributed by atoms with Crippen molar-refractivity contribution in [2.24, 2.45) is 5.92 Å². The molecule has 22 heavy (non-hydrogen) atoms. The average molecular weight is 305 g/mol. The zero-order valence-electron chi connectivity index (χ0n) is 12.4.